The molecule has 4 nitrogen and oxygen atoms in total. The number of nitrogens with zero attached hydrogens (tertiary/aromatic N) is 1. The summed E-state index contributed by atoms with van der Waals surface area (Å²) in [5.74, 6) is -0.289. The fraction of sp³-hybridized carbons (Fsp3) is 1.00. The van der Waals surface area contributed by atoms with Crippen molar-refractivity contribution in [1.82, 2.24) is 0 Å². The van der Waals surface area contributed by atoms with Crippen LogP contribution in [0.25, 0.3) is 0 Å². The van der Waals surface area contributed by atoms with Crippen molar-refractivity contribution in [3.63, 3.8) is 0 Å². The van der Waals surface area contributed by atoms with Gasteiger partial charge in [0.05, 0.1) is 21.1 Å². The van der Waals surface area contributed by atoms with Crippen LogP contribution in [0.3, 0.4) is 0 Å². The van der Waals surface area contributed by atoms with Crippen LogP contribution in [0.4, 0.5) is 0 Å². The van der Waals surface area contributed by atoms with Gasteiger partial charge in [-0.25, -0.2) is 0 Å². The van der Waals surface area contributed by atoms with E-state index in [1.165, 1.54) is 0 Å². The maximum absolute atomic E-state index is 11.2. The monoisotopic (exact) mass is 210 g/mol. The summed E-state index contributed by atoms with van der Waals surface area (Å²) in [5, 5.41) is 0. The fourth-order valence-electron chi connectivity index (χ4n) is 1.33. The largest absolute Gasteiger partial charge is 0.382 e. The van der Waals surface area contributed by atoms with Crippen LogP contribution in [0, 0.1) is 5.92 Å². The molecule has 0 aromatic carbocycles. The minimum atomic E-state index is -3.98. The van der Waals surface area contributed by atoms with Gasteiger partial charge in [0.2, 0.25) is 0 Å². The number of quaternary nitrogens is 1. The summed E-state index contributed by atoms with van der Waals surface area (Å²) in [7, 11) is 1.46. The second-order valence-electron chi connectivity index (χ2n) is 4.82. The Morgan fingerprint density at radius 3 is 1.69 bits per heavy atom. The molecule has 0 aromatic heterocycles. The van der Waals surface area contributed by atoms with Crippen LogP contribution < -0.4 is 0 Å². The minimum absolute atomic E-state index is 0.301. The summed E-state index contributed by atoms with van der Waals surface area (Å²) in [6.45, 7) is 3.94. The van der Waals surface area contributed by atoms with Crippen LogP contribution in [0.5, 0.6) is 0 Å². The molecule has 1 atom stereocenters. The predicted octanol–water partition coefficient (Wildman–Crippen LogP) is 1.24. The molecule has 0 aliphatic heterocycles. The maximum Gasteiger partial charge on any atom is 0.382 e. The first-order chi connectivity index (χ1) is 5.55. The first-order valence-corrected chi connectivity index (χ1v) is 6.09. The molecule has 0 amide bonds. The van der Waals surface area contributed by atoms with Crippen molar-refractivity contribution in [2.24, 2.45) is 5.92 Å². The first-order valence-electron chi connectivity index (χ1n) is 4.41. The summed E-state index contributed by atoms with van der Waals surface area (Å²) in [6.07, 6.45) is 0.549. The first kappa shape index (κ1) is 13.1. The van der Waals surface area contributed by atoms with E-state index in [9.17, 15) is 4.57 Å². The second-order valence-corrected chi connectivity index (χ2v) is 6.59. The van der Waals surface area contributed by atoms with Crippen molar-refractivity contribution in [3.8, 4) is 0 Å². The Bertz CT molecular complexity index is 204. The molecule has 0 rings (SSSR count). The number of hydrogen-bond donors (Lipinski definition) is 2. The van der Waals surface area contributed by atoms with E-state index >= 15 is 0 Å². The lowest BCUT2D eigenvalue weighted by Crippen LogP contribution is -2.45. The van der Waals surface area contributed by atoms with Crippen molar-refractivity contribution >= 4 is 7.60 Å². The minimum Gasteiger partial charge on any atom is -0.320 e. The van der Waals surface area contributed by atoms with Gasteiger partial charge in [0.15, 0.2) is 5.78 Å². The summed E-state index contributed by atoms with van der Waals surface area (Å²) in [5.41, 5.74) is 0. The van der Waals surface area contributed by atoms with E-state index in [1.807, 2.05) is 35.0 Å². The predicted molar refractivity (Wildman–Crippen MR) is 53.3 cm³/mol. The highest BCUT2D eigenvalue weighted by molar-refractivity contribution is 7.52. The van der Waals surface area contributed by atoms with Crippen LogP contribution in [0.1, 0.15) is 20.3 Å². The fourth-order valence-corrected chi connectivity index (χ4v) is 2.93. The molecule has 0 bridgehead atoms. The Labute approximate surface area is 80.3 Å². The number of hydrogen-bond acceptors (Lipinski definition) is 1. The molecule has 0 fully saturated rings. The molecule has 2 N–H and O–H groups in total. The van der Waals surface area contributed by atoms with Gasteiger partial charge in [-0.05, 0) is 5.92 Å². The molecule has 5 heteroatoms. The molecule has 0 radical (unpaired) electrons. The number of rotatable bonds is 4. The Balaban J connectivity index is 4.68. The lowest BCUT2D eigenvalue weighted by Gasteiger charge is -2.35. The van der Waals surface area contributed by atoms with Crippen LogP contribution in [0.15, 0.2) is 0 Å². The van der Waals surface area contributed by atoms with Gasteiger partial charge in [0.25, 0.3) is 0 Å². The van der Waals surface area contributed by atoms with Gasteiger partial charge in [0, 0.05) is 6.42 Å². The van der Waals surface area contributed by atoms with Gasteiger partial charge >= 0.3 is 7.60 Å². The maximum atomic E-state index is 11.2. The normalized spacial score (nSPS) is 16.3. The molecule has 0 heterocycles. The lowest BCUT2D eigenvalue weighted by molar-refractivity contribution is -0.884. The third-order valence-corrected chi connectivity index (χ3v) is 3.64. The van der Waals surface area contributed by atoms with Crippen molar-refractivity contribution in [3.05, 3.63) is 0 Å². The van der Waals surface area contributed by atoms with Crippen LogP contribution in [-0.2, 0) is 4.57 Å². The molecule has 0 aromatic rings. The van der Waals surface area contributed by atoms with Crippen LogP contribution in [0.2, 0.25) is 0 Å². The topological polar surface area (TPSA) is 57.5 Å². The molecule has 0 aliphatic rings. The quantitative estimate of drug-likeness (QED) is 0.542. The highest BCUT2D eigenvalue weighted by atomic mass is 31.2. The summed E-state index contributed by atoms with van der Waals surface area (Å²) < 4.78 is 11.5. The zero-order valence-corrected chi connectivity index (χ0v) is 9.95. The molecular weight excluding hydrogens is 189 g/mol. The lowest BCUT2D eigenvalue weighted by atomic mass is 10.1. The van der Waals surface area contributed by atoms with E-state index in [4.69, 9.17) is 9.79 Å². The summed E-state index contributed by atoms with van der Waals surface area (Å²) >= 11 is 0. The molecule has 0 saturated heterocycles. The zero-order chi connectivity index (χ0) is 10.9. The molecule has 0 aliphatic carbocycles. The highest BCUT2D eigenvalue weighted by Crippen LogP contribution is 2.47. The molecular formula is C8H21NO3P+. The van der Waals surface area contributed by atoms with E-state index in [0.717, 1.165) is 0 Å². The summed E-state index contributed by atoms with van der Waals surface area (Å²) in [4.78, 5) is 18.3. The van der Waals surface area contributed by atoms with E-state index in [2.05, 4.69) is 0 Å². The Morgan fingerprint density at radius 1 is 1.23 bits per heavy atom. The van der Waals surface area contributed by atoms with Crippen molar-refractivity contribution in [2.75, 3.05) is 21.1 Å². The average Bonchev–Trinajstić information content (AvgIpc) is 1.77. The van der Waals surface area contributed by atoms with Crippen LogP contribution in [-0.4, -0.2) is 41.2 Å². The summed E-state index contributed by atoms with van der Waals surface area (Å²) in [6, 6.07) is 0. The van der Waals surface area contributed by atoms with Crippen molar-refractivity contribution in [2.45, 2.75) is 26.1 Å². The Hall–Kier alpha value is 0.110. The van der Waals surface area contributed by atoms with Gasteiger partial charge in [-0.2, -0.15) is 0 Å². The molecule has 0 unspecified atom stereocenters. The van der Waals surface area contributed by atoms with E-state index in [0.29, 0.717) is 16.8 Å². The van der Waals surface area contributed by atoms with Gasteiger partial charge in [-0.15, -0.1) is 0 Å². The van der Waals surface area contributed by atoms with Crippen molar-refractivity contribution in [1.29, 1.82) is 0 Å². The van der Waals surface area contributed by atoms with E-state index < -0.39 is 13.4 Å². The SMILES string of the molecule is CC(C)C[C@@H]([N+](C)(C)C)P(=O)(O)O. The molecule has 13 heavy (non-hydrogen) atoms. The average molecular weight is 210 g/mol. The smallest absolute Gasteiger partial charge is 0.320 e. The molecule has 80 valence electrons. The highest BCUT2D eigenvalue weighted by Gasteiger charge is 2.40. The van der Waals surface area contributed by atoms with Gasteiger partial charge in [-0.1, -0.05) is 13.8 Å². The Morgan fingerprint density at radius 2 is 1.62 bits per heavy atom. The van der Waals surface area contributed by atoms with Crippen LogP contribution >= 0.6 is 7.60 Å². The standard InChI is InChI=1S/C8H20NO3P/c1-7(2)6-8(9(3,4)5)13(10,11)12/h7-8H,6H2,1-5H3,(H-,10,11,12)/p+1/t8-/m0/s1. The van der Waals surface area contributed by atoms with E-state index in [-0.39, 0.29) is 0 Å². The van der Waals surface area contributed by atoms with Crippen molar-refractivity contribution < 1.29 is 18.8 Å². The van der Waals surface area contributed by atoms with E-state index in [1.54, 1.807) is 0 Å². The molecule has 0 saturated carbocycles. The Kier molecular flexibility index (Phi) is 4.13. The third-order valence-electron chi connectivity index (χ3n) is 1.96. The third kappa shape index (κ3) is 4.77. The van der Waals surface area contributed by atoms with Gasteiger partial charge < -0.3 is 14.3 Å². The van der Waals surface area contributed by atoms with Gasteiger partial charge in [-0.3, -0.25) is 4.57 Å². The van der Waals surface area contributed by atoms with Gasteiger partial charge in [0.1, 0.15) is 0 Å². The zero-order valence-electron chi connectivity index (χ0n) is 9.06. The second kappa shape index (κ2) is 4.09. The molecule has 0 spiro atoms.